The van der Waals surface area contributed by atoms with Gasteiger partial charge in [-0.05, 0) is 252 Å². The van der Waals surface area contributed by atoms with Crippen molar-refractivity contribution in [1.82, 2.24) is 0 Å². The number of carboxylic acid groups (broad SMARTS) is 1. The number of aliphatic carboxylic acids is 1. The fourth-order valence-electron chi connectivity index (χ4n) is 15.2. The summed E-state index contributed by atoms with van der Waals surface area (Å²) in [6.07, 6.45) is 29.4. The van der Waals surface area contributed by atoms with Crippen molar-refractivity contribution in [2.24, 2.45) is 92.3 Å². The van der Waals surface area contributed by atoms with Crippen LogP contribution in [0.1, 0.15) is 189 Å². The van der Waals surface area contributed by atoms with Gasteiger partial charge in [0.25, 0.3) is 0 Å². The summed E-state index contributed by atoms with van der Waals surface area (Å²) in [4.78, 5) is 68.3. The highest BCUT2D eigenvalue weighted by Gasteiger charge is 2.54. The Hall–Kier alpha value is -3.58. The fraction of sp³-hybridized carbons (Fsp3) is 0.831. The predicted octanol–water partition coefficient (Wildman–Crippen LogP) is 10.5. The Labute approximate surface area is 431 Å². The van der Waals surface area contributed by atoms with E-state index < -0.39 is 11.4 Å². The molecule has 406 valence electrons. The molecule has 10 aliphatic carbocycles. The molecule has 0 amide bonds. The van der Waals surface area contributed by atoms with Gasteiger partial charge in [0.2, 0.25) is 0 Å². The summed E-state index contributed by atoms with van der Waals surface area (Å²) in [5.41, 5.74) is 12.5. The van der Waals surface area contributed by atoms with Crippen LogP contribution in [0.4, 0.5) is 0 Å². The number of carboxylic acids is 1. The molecule has 4 unspecified atom stereocenters. The second-order valence-corrected chi connectivity index (χ2v) is 24.4. The molecule has 0 radical (unpaired) electrons. The van der Waals surface area contributed by atoms with E-state index in [9.17, 15) is 28.8 Å². The summed E-state index contributed by atoms with van der Waals surface area (Å²) < 4.78 is 19.9. The molecular weight excluding hydrogens is 913 g/mol. The summed E-state index contributed by atoms with van der Waals surface area (Å²) in [5.74, 6) is 7.17. The molecule has 10 saturated carbocycles. The number of carbonyl (C=O) groups is 6. The highest BCUT2D eigenvalue weighted by molar-refractivity contribution is 5.87. The van der Waals surface area contributed by atoms with Gasteiger partial charge in [0.15, 0.2) is 0 Å². The van der Waals surface area contributed by atoms with Gasteiger partial charge in [-0.15, -0.1) is 6.58 Å². The highest BCUT2D eigenvalue weighted by atomic mass is 16.5. The third-order valence-electron chi connectivity index (χ3n) is 19.9. The monoisotopic (exact) mass is 1010 g/mol. The average molecular weight is 1010 g/mol. The molecule has 0 heterocycles. The molecule has 10 rings (SSSR count). The maximum Gasteiger partial charge on any atom is 0.330 e. The Morgan fingerprint density at radius 2 is 0.861 bits per heavy atom. The van der Waals surface area contributed by atoms with E-state index in [1.165, 1.54) is 69.8 Å². The standard InChI is InChI=1S/C13H20O3.C13H20O2.C12H21NO2.C11H16O2.C10H17NO2/c1-3-16-12(15)8-13(9(2)14)6-10-4-5-11(10)7-13;1-3-13(9-12(14)15-4-2)7-10-5-6-11(10)8-13;1-2-15-11(14)7-12(8-13)5-9-3-4-10(9)6-12;1-2-13-11(12)7-8-5-9-3-4-10(9)6-8;11-6-10(5-9(12)13)3-7-1-2-8(7)4-10/h10-11H,3-8H2,1-2H3;3,10-11H,1,4-9H2,2H3;9-10H,2-8,13H2,1H3;7,9-10H,2-6H2,1H3;7-8H,1-6,11H2,(H,12,13)/t2*10-,11+,13?;9-,10+,12?;9-,10+;7-,8+,10?. The summed E-state index contributed by atoms with van der Waals surface area (Å²) in [5, 5.41) is 8.81. The van der Waals surface area contributed by atoms with E-state index in [-0.39, 0.29) is 52.3 Å². The molecule has 5 N–H and O–H groups in total. The van der Waals surface area contributed by atoms with E-state index in [0.717, 1.165) is 112 Å². The molecule has 0 aromatic rings. The number of fused-ring (bicyclic) bond motifs is 5. The van der Waals surface area contributed by atoms with E-state index in [2.05, 4.69) is 6.58 Å². The molecule has 0 aromatic carbocycles. The lowest BCUT2D eigenvalue weighted by Crippen LogP contribution is -2.31. The van der Waals surface area contributed by atoms with Gasteiger partial charge in [-0.25, -0.2) is 4.79 Å². The van der Waals surface area contributed by atoms with Crippen LogP contribution >= 0.6 is 0 Å². The molecule has 0 saturated heterocycles. The first kappa shape index (κ1) is 57.7. The number of hydrogen-bond donors (Lipinski definition) is 3. The SMILES string of the molecule is C=CC1(CC(=O)OCC)C[C@H]2CC[C@H]2C1.CCOC(=O)C=C1C[C@H]2CC[C@H]2C1.CCOC(=O)CC1(C(C)=O)C[C@H]2CC[C@H]2C1.CCOC(=O)CC1(CN)C[C@H]2CC[C@H]2C1.NCC1(CC(=O)O)C[C@H]2CC[C@H]2C1. The third kappa shape index (κ3) is 14.4. The largest absolute Gasteiger partial charge is 0.481 e. The topological polar surface area (TPSA) is 212 Å². The second kappa shape index (κ2) is 25.8. The molecule has 0 bridgehead atoms. The van der Waals surface area contributed by atoms with Crippen LogP contribution in [0.3, 0.4) is 0 Å². The minimum atomic E-state index is -0.688. The fourth-order valence-corrected chi connectivity index (χ4v) is 15.2. The maximum atomic E-state index is 11.8. The minimum absolute atomic E-state index is 0.0537. The lowest BCUT2D eigenvalue weighted by atomic mass is 9.77. The van der Waals surface area contributed by atoms with Gasteiger partial charge in [0.05, 0.1) is 52.1 Å². The number of hydrogen-bond acceptors (Lipinski definition) is 12. The van der Waals surface area contributed by atoms with E-state index in [1.54, 1.807) is 19.9 Å². The van der Waals surface area contributed by atoms with Crippen LogP contribution in [0, 0.1) is 80.8 Å². The zero-order valence-electron chi connectivity index (χ0n) is 45.0. The molecule has 14 atom stereocenters. The average Bonchev–Trinajstić information content (AvgIpc) is 3.99. The van der Waals surface area contributed by atoms with Crippen molar-refractivity contribution in [3.63, 3.8) is 0 Å². The third-order valence-corrected chi connectivity index (χ3v) is 19.9. The molecule has 0 spiro atoms. The lowest BCUT2D eigenvalue weighted by molar-refractivity contribution is -0.149. The predicted molar refractivity (Wildman–Crippen MR) is 277 cm³/mol. The smallest absolute Gasteiger partial charge is 0.330 e. The molecule has 72 heavy (non-hydrogen) atoms. The van der Waals surface area contributed by atoms with Crippen molar-refractivity contribution in [3.8, 4) is 0 Å². The summed E-state index contributed by atoms with van der Waals surface area (Å²) >= 11 is 0. The van der Waals surface area contributed by atoms with Gasteiger partial charge in [-0.2, -0.15) is 0 Å². The van der Waals surface area contributed by atoms with Crippen LogP contribution in [0.15, 0.2) is 24.3 Å². The van der Waals surface area contributed by atoms with Gasteiger partial charge < -0.3 is 35.5 Å². The number of esters is 4. The Morgan fingerprint density at radius 1 is 0.514 bits per heavy atom. The van der Waals surface area contributed by atoms with E-state index in [0.29, 0.717) is 70.6 Å². The molecular formula is C59H94N2O11. The van der Waals surface area contributed by atoms with Crippen LogP contribution in [0.25, 0.3) is 0 Å². The van der Waals surface area contributed by atoms with Crippen molar-refractivity contribution in [2.45, 2.75) is 189 Å². The number of Topliss-reactive ketones (excluding diaryl/α,β-unsaturated/α-hetero) is 1. The summed E-state index contributed by atoms with van der Waals surface area (Å²) in [6, 6.07) is 0. The molecule has 13 nitrogen and oxygen atoms in total. The lowest BCUT2D eigenvalue weighted by Gasteiger charge is -2.29. The van der Waals surface area contributed by atoms with Gasteiger partial charge in [0, 0.05) is 11.5 Å². The number of ketones is 1. The van der Waals surface area contributed by atoms with Crippen LogP contribution in [0.2, 0.25) is 0 Å². The summed E-state index contributed by atoms with van der Waals surface area (Å²) in [6.45, 7) is 15.9. The zero-order valence-corrected chi connectivity index (χ0v) is 45.0. The Balaban J connectivity index is 0.000000147. The molecule has 0 aromatic heterocycles. The van der Waals surface area contributed by atoms with Crippen LogP contribution in [-0.4, -0.2) is 80.3 Å². The first-order chi connectivity index (χ1) is 34.4. The molecule has 10 fully saturated rings. The van der Waals surface area contributed by atoms with Gasteiger partial charge in [-0.3, -0.25) is 24.0 Å². The highest BCUT2D eigenvalue weighted by Crippen LogP contribution is 2.60. The van der Waals surface area contributed by atoms with Gasteiger partial charge in [-0.1, -0.05) is 11.6 Å². The second-order valence-electron chi connectivity index (χ2n) is 24.4. The Morgan fingerprint density at radius 3 is 1.19 bits per heavy atom. The summed E-state index contributed by atoms with van der Waals surface area (Å²) in [7, 11) is 0. The first-order valence-electron chi connectivity index (χ1n) is 28.5. The first-order valence-corrected chi connectivity index (χ1v) is 28.5. The quantitative estimate of drug-likeness (QED) is 0.0536. The number of ether oxygens (including phenoxy) is 4. The van der Waals surface area contributed by atoms with Crippen LogP contribution in [0.5, 0.6) is 0 Å². The normalized spacial score (nSPS) is 37.8. The van der Waals surface area contributed by atoms with Gasteiger partial charge >= 0.3 is 29.8 Å². The van der Waals surface area contributed by atoms with Crippen molar-refractivity contribution in [1.29, 1.82) is 0 Å². The van der Waals surface area contributed by atoms with Crippen LogP contribution < -0.4 is 11.5 Å². The molecule has 0 aliphatic heterocycles. The van der Waals surface area contributed by atoms with E-state index in [1.807, 2.05) is 26.8 Å². The number of allylic oxidation sites excluding steroid dienone is 2. The van der Waals surface area contributed by atoms with Crippen LogP contribution in [-0.2, 0) is 47.7 Å². The van der Waals surface area contributed by atoms with E-state index in [4.69, 9.17) is 35.5 Å². The van der Waals surface area contributed by atoms with Crippen molar-refractivity contribution in [2.75, 3.05) is 39.5 Å². The van der Waals surface area contributed by atoms with E-state index >= 15 is 0 Å². The molecule has 10 aliphatic rings. The number of rotatable bonds is 17. The van der Waals surface area contributed by atoms with Gasteiger partial charge in [0.1, 0.15) is 5.78 Å². The zero-order chi connectivity index (χ0) is 52.3. The number of nitrogens with two attached hydrogens (primary N) is 2. The maximum absolute atomic E-state index is 11.8. The van der Waals surface area contributed by atoms with Crippen molar-refractivity contribution >= 4 is 35.6 Å². The molecule has 13 heteroatoms. The van der Waals surface area contributed by atoms with Crippen molar-refractivity contribution < 1.29 is 52.8 Å². The minimum Gasteiger partial charge on any atom is -0.481 e. The van der Waals surface area contributed by atoms with Crippen molar-refractivity contribution in [3.05, 3.63) is 24.3 Å². The Bertz CT molecular complexity index is 1870. The number of carbonyl (C=O) groups excluding carboxylic acids is 5. The Kier molecular flexibility index (Phi) is 20.7.